The highest BCUT2D eigenvalue weighted by Crippen LogP contribution is 2.29. The standard InChI is InChI=1S/C23H36N6/c1-2-3-13-22(28-18-16-27(17-19-28)21-11-7-8-12-21)23-24-25-26-29(23)15-14-20-9-5-4-6-10-20/h4-6,9-10,21-22H,2-3,7-8,11-19H2,1H3/t22-/m1/s1. The Morgan fingerprint density at radius 1 is 1.03 bits per heavy atom. The molecule has 0 bridgehead atoms. The molecule has 6 heteroatoms. The number of tetrazole rings is 1. The summed E-state index contributed by atoms with van der Waals surface area (Å²) in [5.41, 5.74) is 1.34. The first kappa shape index (κ1) is 20.5. The zero-order valence-electron chi connectivity index (χ0n) is 17.9. The van der Waals surface area contributed by atoms with Crippen molar-refractivity contribution in [3.63, 3.8) is 0 Å². The van der Waals surface area contributed by atoms with Gasteiger partial charge in [-0.15, -0.1) is 5.10 Å². The maximum absolute atomic E-state index is 4.50. The van der Waals surface area contributed by atoms with Crippen LogP contribution in [0.4, 0.5) is 0 Å². The average Bonchev–Trinajstić information content (AvgIpc) is 3.46. The van der Waals surface area contributed by atoms with Gasteiger partial charge in [-0.3, -0.25) is 9.80 Å². The zero-order valence-corrected chi connectivity index (χ0v) is 17.9. The van der Waals surface area contributed by atoms with Gasteiger partial charge in [-0.05, 0) is 41.7 Å². The fourth-order valence-corrected chi connectivity index (χ4v) is 5.05. The molecule has 2 fully saturated rings. The van der Waals surface area contributed by atoms with E-state index in [0.29, 0.717) is 6.04 Å². The van der Waals surface area contributed by atoms with Crippen molar-refractivity contribution >= 4 is 0 Å². The third-order valence-corrected chi connectivity index (χ3v) is 6.77. The lowest BCUT2D eigenvalue weighted by atomic mass is 10.1. The summed E-state index contributed by atoms with van der Waals surface area (Å²) in [7, 11) is 0. The highest BCUT2D eigenvalue weighted by Gasteiger charge is 2.31. The lowest BCUT2D eigenvalue weighted by molar-refractivity contribution is 0.0621. The Morgan fingerprint density at radius 3 is 2.52 bits per heavy atom. The van der Waals surface area contributed by atoms with Crippen LogP contribution in [0.1, 0.15) is 69.3 Å². The van der Waals surface area contributed by atoms with Crippen LogP contribution in [0.25, 0.3) is 0 Å². The molecule has 1 aliphatic heterocycles. The summed E-state index contributed by atoms with van der Waals surface area (Å²) in [6.45, 7) is 7.77. The maximum atomic E-state index is 4.50. The second-order valence-corrected chi connectivity index (χ2v) is 8.66. The number of aryl methyl sites for hydroxylation is 2. The van der Waals surface area contributed by atoms with Crippen molar-refractivity contribution in [2.24, 2.45) is 0 Å². The Morgan fingerprint density at radius 2 is 1.79 bits per heavy atom. The number of rotatable bonds is 9. The van der Waals surface area contributed by atoms with Crippen molar-refractivity contribution in [2.45, 2.75) is 76.9 Å². The van der Waals surface area contributed by atoms with E-state index in [-0.39, 0.29) is 0 Å². The van der Waals surface area contributed by atoms with Crippen LogP contribution in [0.5, 0.6) is 0 Å². The van der Waals surface area contributed by atoms with Crippen LogP contribution >= 0.6 is 0 Å². The third kappa shape index (κ3) is 5.23. The van der Waals surface area contributed by atoms with E-state index in [1.807, 2.05) is 0 Å². The SMILES string of the molecule is CCCC[C@H](c1nnnn1CCc1ccccc1)N1CCN(C2CCCC2)CC1. The summed E-state index contributed by atoms with van der Waals surface area (Å²) in [6, 6.07) is 11.8. The largest absolute Gasteiger partial charge is 0.298 e. The normalized spacial score (nSPS) is 20.3. The minimum Gasteiger partial charge on any atom is -0.298 e. The summed E-state index contributed by atoms with van der Waals surface area (Å²) in [5, 5.41) is 12.9. The number of benzene rings is 1. The predicted octanol–water partition coefficient (Wildman–Crippen LogP) is 3.71. The number of aromatic nitrogens is 4. The van der Waals surface area contributed by atoms with Crippen molar-refractivity contribution in [3.05, 3.63) is 41.7 Å². The molecular formula is C23H36N6. The summed E-state index contributed by atoms with van der Waals surface area (Å²) in [6.07, 6.45) is 10.2. The first-order chi connectivity index (χ1) is 14.3. The van der Waals surface area contributed by atoms with E-state index in [9.17, 15) is 0 Å². The summed E-state index contributed by atoms with van der Waals surface area (Å²) < 4.78 is 2.05. The van der Waals surface area contributed by atoms with Crippen molar-refractivity contribution in [1.82, 2.24) is 30.0 Å². The lowest BCUT2D eigenvalue weighted by Gasteiger charge is -2.41. The molecule has 6 nitrogen and oxygen atoms in total. The topological polar surface area (TPSA) is 50.1 Å². The van der Waals surface area contributed by atoms with E-state index < -0.39 is 0 Å². The minimum atomic E-state index is 0.339. The molecule has 0 N–H and O–H groups in total. The average molecular weight is 397 g/mol. The molecule has 158 valence electrons. The molecule has 1 aliphatic carbocycles. The maximum Gasteiger partial charge on any atom is 0.168 e. The molecule has 1 aromatic carbocycles. The van der Waals surface area contributed by atoms with E-state index in [0.717, 1.165) is 44.3 Å². The van der Waals surface area contributed by atoms with Crippen LogP contribution in [0.3, 0.4) is 0 Å². The summed E-state index contributed by atoms with van der Waals surface area (Å²) in [5.74, 6) is 1.06. The molecule has 1 saturated heterocycles. The number of hydrogen-bond acceptors (Lipinski definition) is 5. The Hall–Kier alpha value is -1.79. The molecular weight excluding hydrogens is 360 g/mol. The van der Waals surface area contributed by atoms with E-state index >= 15 is 0 Å². The minimum absolute atomic E-state index is 0.339. The van der Waals surface area contributed by atoms with Gasteiger partial charge in [0.05, 0.1) is 6.04 Å². The number of unbranched alkanes of at least 4 members (excludes halogenated alkanes) is 1. The molecule has 29 heavy (non-hydrogen) atoms. The van der Waals surface area contributed by atoms with E-state index in [1.54, 1.807) is 0 Å². The molecule has 1 saturated carbocycles. The second-order valence-electron chi connectivity index (χ2n) is 8.66. The van der Waals surface area contributed by atoms with E-state index in [4.69, 9.17) is 0 Å². The molecule has 0 amide bonds. The summed E-state index contributed by atoms with van der Waals surface area (Å²) in [4.78, 5) is 5.38. The Labute approximate surface area is 175 Å². The van der Waals surface area contributed by atoms with Gasteiger partial charge < -0.3 is 0 Å². The smallest absolute Gasteiger partial charge is 0.168 e. The molecule has 4 rings (SSSR count). The van der Waals surface area contributed by atoms with Gasteiger partial charge in [0.2, 0.25) is 0 Å². The van der Waals surface area contributed by atoms with Gasteiger partial charge in [-0.25, -0.2) is 4.68 Å². The molecule has 1 atom stereocenters. The molecule has 0 spiro atoms. The van der Waals surface area contributed by atoms with Crippen LogP contribution in [0.2, 0.25) is 0 Å². The Balaban J connectivity index is 1.41. The molecule has 2 aliphatic rings. The van der Waals surface area contributed by atoms with Crippen LogP contribution < -0.4 is 0 Å². The summed E-state index contributed by atoms with van der Waals surface area (Å²) >= 11 is 0. The molecule has 2 aromatic rings. The molecule has 2 heterocycles. The number of nitrogens with zero attached hydrogens (tertiary/aromatic N) is 6. The van der Waals surface area contributed by atoms with Crippen molar-refractivity contribution in [2.75, 3.05) is 26.2 Å². The second kappa shape index (κ2) is 10.3. The van der Waals surface area contributed by atoms with Crippen molar-refractivity contribution < 1.29 is 0 Å². The fraction of sp³-hybridized carbons (Fsp3) is 0.696. The van der Waals surface area contributed by atoms with Crippen LogP contribution in [-0.2, 0) is 13.0 Å². The first-order valence-electron chi connectivity index (χ1n) is 11.6. The predicted molar refractivity (Wildman–Crippen MR) is 116 cm³/mol. The molecule has 0 radical (unpaired) electrons. The molecule has 0 unspecified atom stereocenters. The van der Waals surface area contributed by atoms with Crippen molar-refractivity contribution in [3.8, 4) is 0 Å². The van der Waals surface area contributed by atoms with Crippen LogP contribution in [0, 0.1) is 0 Å². The third-order valence-electron chi connectivity index (χ3n) is 6.77. The highest BCUT2D eigenvalue weighted by atomic mass is 15.6. The van der Waals surface area contributed by atoms with Gasteiger partial charge in [0.25, 0.3) is 0 Å². The van der Waals surface area contributed by atoms with Gasteiger partial charge in [0, 0.05) is 38.8 Å². The molecule has 1 aromatic heterocycles. The highest BCUT2D eigenvalue weighted by molar-refractivity contribution is 5.14. The number of hydrogen-bond donors (Lipinski definition) is 0. The first-order valence-corrected chi connectivity index (χ1v) is 11.6. The Bertz CT molecular complexity index is 716. The monoisotopic (exact) mass is 396 g/mol. The van der Waals surface area contributed by atoms with Gasteiger partial charge in [0.1, 0.15) is 0 Å². The zero-order chi connectivity index (χ0) is 19.9. The quantitative estimate of drug-likeness (QED) is 0.647. The Kier molecular flexibility index (Phi) is 7.28. The lowest BCUT2D eigenvalue weighted by Crippen LogP contribution is -2.50. The van der Waals surface area contributed by atoms with Gasteiger partial charge in [0.15, 0.2) is 5.82 Å². The van der Waals surface area contributed by atoms with E-state index in [2.05, 4.69) is 67.3 Å². The van der Waals surface area contributed by atoms with Crippen LogP contribution in [0.15, 0.2) is 30.3 Å². The van der Waals surface area contributed by atoms with Crippen LogP contribution in [-0.4, -0.2) is 62.2 Å². The van der Waals surface area contributed by atoms with Gasteiger partial charge in [-0.1, -0.05) is 62.9 Å². The van der Waals surface area contributed by atoms with E-state index in [1.165, 1.54) is 57.2 Å². The van der Waals surface area contributed by atoms with Gasteiger partial charge >= 0.3 is 0 Å². The van der Waals surface area contributed by atoms with Gasteiger partial charge in [-0.2, -0.15) is 0 Å². The number of piperazine rings is 1. The van der Waals surface area contributed by atoms with Crippen molar-refractivity contribution in [1.29, 1.82) is 0 Å². The fourth-order valence-electron chi connectivity index (χ4n) is 5.05.